The number of benzene rings is 1. The number of carbonyl (C=O) groups is 2. The zero-order valence-corrected chi connectivity index (χ0v) is 19.2. The summed E-state index contributed by atoms with van der Waals surface area (Å²) in [5.41, 5.74) is 2.27. The molecule has 0 atom stereocenters. The second-order valence-electron chi connectivity index (χ2n) is 7.58. The average molecular weight is 476 g/mol. The summed E-state index contributed by atoms with van der Waals surface area (Å²) in [5.74, 6) is -0.0383. The number of Topliss-reactive ketones (excluding diaryl/α,β-unsaturated/α-hetero) is 1. The number of hydrogen-bond acceptors (Lipinski definition) is 5. The molecule has 1 fully saturated rings. The van der Waals surface area contributed by atoms with Crippen LogP contribution in [0, 0.1) is 6.92 Å². The first-order valence-electron chi connectivity index (χ1n) is 9.98. The van der Waals surface area contributed by atoms with E-state index in [1.807, 2.05) is 40.6 Å². The Balaban J connectivity index is 1.59. The van der Waals surface area contributed by atoms with Gasteiger partial charge in [-0.2, -0.15) is 17.8 Å². The van der Waals surface area contributed by atoms with Crippen molar-refractivity contribution in [2.45, 2.75) is 19.8 Å². The molecule has 1 N–H and O–H groups in total. The normalized spacial score (nSPS) is 15.7. The lowest BCUT2D eigenvalue weighted by molar-refractivity contribution is -0.120. The highest BCUT2D eigenvalue weighted by Crippen LogP contribution is 2.27. The van der Waals surface area contributed by atoms with Crippen LogP contribution in [0.25, 0.3) is 22.8 Å². The Morgan fingerprint density at radius 2 is 1.94 bits per heavy atom. The fraction of sp³-hybridized carbons (Fsp3) is 0.286. The van der Waals surface area contributed by atoms with Crippen molar-refractivity contribution in [2.75, 3.05) is 13.1 Å². The monoisotopic (exact) mass is 475 g/mol. The molecule has 0 aliphatic carbocycles. The summed E-state index contributed by atoms with van der Waals surface area (Å²) in [6, 6.07) is 7.49. The number of piperidine rings is 1. The van der Waals surface area contributed by atoms with Crippen molar-refractivity contribution in [3.8, 4) is 5.82 Å². The molecule has 3 heterocycles. The van der Waals surface area contributed by atoms with Crippen LogP contribution in [-0.4, -0.2) is 51.9 Å². The Hall–Kier alpha value is -2.95. The van der Waals surface area contributed by atoms with Gasteiger partial charge in [0.05, 0.1) is 11.2 Å². The fourth-order valence-corrected chi connectivity index (χ4v) is 5.10. The maximum Gasteiger partial charge on any atom is 0.304 e. The number of hydrogen-bond donors (Lipinski definition) is 1. The lowest BCUT2D eigenvalue weighted by atomic mass is 10.1. The summed E-state index contributed by atoms with van der Waals surface area (Å²) in [7, 11) is -2.21. The van der Waals surface area contributed by atoms with E-state index in [4.69, 9.17) is 11.6 Å². The van der Waals surface area contributed by atoms with Crippen molar-refractivity contribution in [1.82, 2.24) is 23.4 Å². The first-order chi connectivity index (χ1) is 15.2. The minimum absolute atomic E-state index is 0.0158. The molecular formula is C21H22ClN5O4S. The Bertz CT molecular complexity index is 1350. The zero-order valence-electron chi connectivity index (χ0n) is 17.6. The molecule has 32 heavy (non-hydrogen) atoms. The quantitative estimate of drug-likeness (QED) is 0.570. The first kappa shape index (κ1) is 22.3. The van der Waals surface area contributed by atoms with Gasteiger partial charge in [0.2, 0.25) is 0 Å². The van der Waals surface area contributed by atoms with Crippen LogP contribution in [0.3, 0.4) is 0 Å². The topological polar surface area (TPSA) is 106 Å². The van der Waals surface area contributed by atoms with Crippen LogP contribution in [0.2, 0.25) is 5.02 Å². The summed E-state index contributed by atoms with van der Waals surface area (Å²) < 4.78 is 31.6. The van der Waals surface area contributed by atoms with E-state index < -0.39 is 16.1 Å². The molecule has 1 aliphatic rings. The molecule has 1 saturated heterocycles. The van der Waals surface area contributed by atoms with Gasteiger partial charge >= 0.3 is 10.2 Å². The van der Waals surface area contributed by atoms with E-state index in [0.29, 0.717) is 16.3 Å². The number of amides is 1. The molecule has 4 rings (SSSR count). The van der Waals surface area contributed by atoms with Crippen LogP contribution in [0.1, 0.15) is 24.1 Å². The second-order valence-corrected chi connectivity index (χ2v) is 9.68. The number of halogens is 1. The maximum atomic E-state index is 12.4. The van der Waals surface area contributed by atoms with Crippen molar-refractivity contribution in [1.29, 1.82) is 0 Å². The van der Waals surface area contributed by atoms with Crippen molar-refractivity contribution in [3.05, 3.63) is 52.8 Å². The SMILES string of the molecule is Cc1nn(C)c(-n2ccc3cc(Cl)ccc32)c1C=CC(=O)NS(=O)(=O)N1CCC(=O)CC1. The number of aryl methyl sites for hydroxylation is 2. The largest absolute Gasteiger partial charge is 0.304 e. The van der Waals surface area contributed by atoms with E-state index >= 15 is 0 Å². The average Bonchev–Trinajstić information content (AvgIpc) is 3.25. The Kier molecular flexibility index (Phi) is 5.93. The molecule has 0 bridgehead atoms. The Morgan fingerprint density at radius 3 is 2.66 bits per heavy atom. The molecule has 9 nitrogen and oxygen atoms in total. The summed E-state index contributed by atoms with van der Waals surface area (Å²) in [4.78, 5) is 23.7. The highest BCUT2D eigenvalue weighted by atomic mass is 35.5. The first-order valence-corrected chi connectivity index (χ1v) is 11.8. The predicted octanol–water partition coefficient (Wildman–Crippen LogP) is 2.36. The van der Waals surface area contributed by atoms with Crippen molar-refractivity contribution < 1.29 is 18.0 Å². The van der Waals surface area contributed by atoms with E-state index in [0.717, 1.165) is 21.0 Å². The van der Waals surface area contributed by atoms with Crippen molar-refractivity contribution >= 4 is 50.5 Å². The van der Waals surface area contributed by atoms with Crippen LogP contribution >= 0.6 is 11.6 Å². The summed E-state index contributed by atoms with van der Waals surface area (Å²) in [6.07, 6.45) is 4.90. The number of carbonyl (C=O) groups excluding carboxylic acids is 2. The van der Waals surface area contributed by atoms with Gasteiger partial charge < -0.3 is 4.57 Å². The maximum absolute atomic E-state index is 12.4. The lowest BCUT2D eigenvalue weighted by Gasteiger charge is -2.24. The number of fused-ring (bicyclic) bond motifs is 1. The van der Waals surface area contributed by atoms with Crippen molar-refractivity contribution in [3.63, 3.8) is 0 Å². The van der Waals surface area contributed by atoms with E-state index in [2.05, 4.69) is 5.10 Å². The third-order valence-corrected chi connectivity index (χ3v) is 7.11. The number of aromatic nitrogens is 3. The van der Waals surface area contributed by atoms with E-state index in [9.17, 15) is 18.0 Å². The minimum Gasteiger partial charge on any atom is -0.301 e. The number of nitrogens with zero attached hydrogens (tertiary/aromatic N) is 4. The van der Waals surface area contributed by atoms with Gasteiger partial charge in [-0.05, 0) is 37.3 Å². The number of rotatable bonds is 5. The molecule has 168 valence electrons. The van der Waals surface area contributed by atoms with Crippen LogP contribution in [-0.2, 0) is 26.8 Å². The van der Waals surface area contributed by atoms with E-state index in [-0.39, 0.29) is 31.7 Å². The number of nitrogens with one attached hydrogen (secondary N) is 1. The van der Waals surface area contributed by atoms with Gasteiger partial charge in [-0.25, -0.2) is 4.72 Å². The second kappa shape index (κ2) is 8.53. The van der Waals surface area contributed by atoms with Gasteiger partial charge in [0.1, 0.15) is 11.6 Å². The zero-order chi connectivity index (χ0) is 23.0. The highest BCUT2D eigenvalue weighted by molar-refractivity contribution is 7.87. The Labute approximate surface area is 190 Å². The molecule has 3 aromatic rings. The third kappa shape index (κ3) is 4.34. The van der Waals surface area contributed by atoms with Gasteiger partial charge in [-0.3, -0.25) is 14.3 Å². The predicted molar refractivity (Wildman–Crippen MR) is 122 cm³/mol. The van der Waals surface area contributed by atoms with Gasteiger partial charge in [-0.15, -0.1) is 0 Å². The van der Waals surface area contributed by atoms with Gasteiger partial charge in [-0.1, -0.05) is 11.6 Å². The standard InChI is InChI=1S/C21H22ClN5O4S/c1-14-18(4-6-20(29)24-32(30,31)26-10-8-17(28)9-11-26)21(25(2)23-14)27-12-7-15-13-16(22)3-5-19(15)27/h3-7,12-13H,8-11H2,1-2H3,(H,24,29). The van der Waals surface area contributed by atoms with Crippen LogP contribution < -0.4 is 4.72 Å². The lowest BCUT2D eigenvalue weighted by Crippen LogP contribution is -2.46. The molecule has 0 spiro atoms. The highest BCUT2D eigenvalue weighted by Gasteiger charge is 2.27. The minimum atomic E-state index is -4.01. The molecule has 11 heteroatoms. The Morgan fingerprint density at radius 1 is 1.22 bits per heavy atom. The number of ketones is 1. The molecule has 1 amide bonds. The molecule has 1 aromatic carbocycles. The summed E-state index contributed by atoms with van der Waals surface area (Å²) >= 11 is 6.09. The molecular weight excluding hydrogens is 454 g/mol. The van der Waals surface area contributed by atoms with E-state index in [1.165, 1.54) is 6.08 Å². The fourth-order valence-electron chi connectivity index (χ4n) is 3.80. The molecule has 1 aliphatic heterocycles. The van der Waals surface area contributed by atoms with Crippen LogP contribution in [0.4, 0.5) is 0 Å². The van der Waals surface area contributed by atoms with E-state index in [1.54, 1.807) is 23.9 Å². The summed E-state index contributed by atoms with van der Waals surface area (Å²) in [5, 5.41) is 6.04. The van der Waals surface area contributed by atoms with Gasteiger partial charge in [0.25, 0.3) is 5.91 Å². The van der Waals surface area contributed by atoms with Crippen molar-refractivity contribution in [2.24, 2.45) is 7.05 Å². The van der Waals surface area contributed by atoms with Gasteiger partial charge in [0.15, 0.2) is 0 Å². The third-order valence-electron chi connectivity index (χ3n) is 5.37. The van der Waals surface area contributed by atoms with Gasteiger partial charge in [0, 0.05) is 61.2 Å². The molecule has 0 radical (unpaired) electrons. The van der Waals surface area contributed by atoms with Crippen LogP contribution in [0.15, 0.2) is 36.5 Å². The van der Waals surface area contributed by atoms with Crippen LogP contribution in [0.5, 0.6) is 0 Å². The smallest absolute Gasteiger partial charge is 0.301 e. The molecule has 0 unspecified atom stereocenters. The molecule has 2 aromatic heterocycles. The summed E-state index contributed by atoms with van der Waals surface area (Å²) in [6.45, 7) is 1.95. The molecule has 0 saturated carbocycles.